The number of nitrogen functional groups attached to an aromatic ring is 1. The van der Waals surface area contributed by atoms with Crippen LogP contribution >= 0.6 is 34.3 Å². The van der Waals surface area contributed by atoms with Crippen LogP contribution in [0.3, 0.4) is 0 Å². The first-order valence-corrected chi connectivity index (χ1v) is 10.3. The molecular formula is C20H15ClN2S2. The summed E-state index contributed by atoms with van der Waals surface area (Å²) in [5.41, 5.74) is 10.9. The number of rotatable bonds is 3. The van der Waals surface area contributed by atoms with Crippen molar-refractivity contribution < 1.29 is 0 Å². The number of hydrogen-bond acceptors (Lipinski definition) is 4. The first-order chi connectivity index (χ1) is 12.2. The van der Waals surface area contributed by atoms with Crippen LogP contribution in [0.15, 0.2) is 47.8 Å². The second-order valence-corrected chi connectivity index (χ2v) is 8.76. The van der Waals surface area contributed by atoms with Crippen LogP contribution in [0.4, 0.5) is 5.69 Å². The zero-order valence-corrected chi connectivity index (χ0v) is 15.7. The van der Waals surface area contributed by atoms with E-state index < -0.39 is 0 Å². The molecule has 0 saturated heterocycles. The first kappa shape index (κ1) is 15.4. The van der Waals surface area contributed by atoms with Crippen LogP contribution in [0.2, 0.25) is 5.02 Å². The average molecular weight is 383 g/mol. The molecule has 3 aromatic heterocycles. The lowest BCUT2D eigenvalue weighted by Gasteiger charge is -2.08. The third kappa shape index (κ3) is 2.65. The summed E-state index contributed by atoms with van der Waals surface area (Å²) in [6, 6.07) is 14.4. The molecule has 4 aromatic rings. The number of nitrogens with two attached hydrogens (primary N) is 1. The Morgan fingerprint density at radius 1 is 1.12 bits per heavy atom. The van der Waals surface area contributed by atoms with Crippen LogP contribution in [-0.4, -0.2) is 4.98 Å². The molecule has 0 atom stereocenters. The molecule has 5 heteroatoms. The number of aromatic nitrogens is 1. The molecule has 0 unspecified atom stereocenters. The molecule has 124 valence electrons. The van der Waals surface area contributed by atoms with Crippen molar-refractivity contribution in [2.75, 3.05) is 5.73 Å². The molecule has 2 nitrogen and oxygen atoms in total. The minimum atomic E-state index is 0.601. The third-order valence-corrected chi connectivity index (χ3v) is 7.02. The van der Waals surface area contributed by atoms with Gasteiger partial charge in [0, 0.05) is 26.9 Å². The average Bonchev–Trinajstić information content (AvgIpc) is 3.23. The zero-order chi connectivity index (χ0) is 17.0. The summed E-state index contributed by atoms with van der Waals surface area (Å²) in [5.74, 6) is 0.601. The molecule has 5 rings (SSSR count). The highest BCUT2D eigenvalue weighted by Crippen LogP contribution is 2.48. The van der Waals surface area contributed by atoms with Crippen molar-refractivity contribution >= 4 is 50.2 Å². The Labute approximate surface area is 158 Å². The highest BCUT2D eigenvalue weighted by atomic mass is 35.5. The van der Waals surface area contributed by atoms with Gasteiger partial charge < -0.3 is 5.73 Å². The maximum absolute atomic E-state index is 6.59. The molecule has 0 aliphatic heterocycles. The largest absolute Gasteiger partial charge is 0.397 e. The zero-order valence-electron chi connectivity index (χ0n) is 13.3. The van der Waals surface area contributed by atoms with Gasteiger partial charge in [-0.2, -0.15) is 0 Å². The van der Waals surface area contributed by atoms with E-state index in [-0.39, 0.29) is 0 Å². The highest BCUT2D eigenvalue weighted by Gasteiger charge is 2.27. The minimum absolute atomic E-state index is 0.601. The standard InChI is InChI=1S/C20H15ClN2S2/c21-13-7-5-11(6-8-13)14-10-15(12-3-4-12)23-20-17(14)18(22)19(25-20)16-2-1-9-24-16/h1-2,5-10,12H,3-4,22H2. The van der Waals surface area contributed by atoms with Crippen LogP contribution in [0.25, 0.3) is 31.1 Å². The second-order valence-electron chi connectivity index (χ2n) is 6.38. The number of hydrogen-bond donors (Lipinski definition) is 1. The highest BCUT2D eigenvalue weighted by molar-refractivity contribution is 7.26. The van der Waals surface area contributed by atoms with Crippen molar-refractivity contribution in [3.05, 3.63) is 58.6 Å². The Morgan fingerprint density at radius 2 is 1.92 bits per heavy atom. The Kier molecular flexibility index (Phi) is 3.59. The Morgan fingerprint density at radius 3 is 2.60 bits per heavy atom. The van der Waals surface area contributed by atoms with E-state index in [1.807, 2.05) is 12.1 Å². The van der Waals surface area contributed by atoms with Crippen molar-refractivity contribution in [1.82, 2.24) is 4.98 Å². The molecule has 1 aromatic carbocycles. The fourth-order valence-electron chi connectivity index (χ4n) is 3.18. The van der Waals surface area contributed by atoms with Gasteiger partial charge in [0.05, 0.1) is 10.6 Å². The third-order valence-electron chi connectivity index (χ3n) is 4.61. The van der Waals surface area contributed by atoms with E-state index in [0.717, 1.165) is 31.4 Å². The lowest BCUT2D eigenvalue weighted by Crippen LogP contribution is -1.92. The van der Waals surface area contributed by atoms with E-state index in [4.69, 9.17) is 22.3 Å². The van der Waals surface area contributed by atoms with Crippen molar-refractivity contribution in [3.8, 4) is 20.9 Å². The molecule has 1 saturated carbocycles. The number of halogens is 1. The van der Waals surface area contributed by atoms with E-state index in [9.17, 15) is 0 Å². The summed E-state index contributed by atoms with van der Waals surface area (Å²) in [6.07, 6.45) is 2.47. The molecule has 0 radical (unpaired) electrons. The Hall–Kier alpha value is -1.88. The summed E-state index contributed by atoms with van der Waals surface area (Å²) < 4.78 is 0. The molecule has 0 bridgehead atoms. The van der Waals surface area contributed by atoms with Crippen molar-refractivity contribution in [3.63, 3.8) is 0 Å². The quantitative estimate of drug-likeness (QED) is 0.423. The molecule has 25 heavy (non-hydrogen) atoms. The topological polar surface area (TPSA) is 38.9 Å². The van der Waals surface area contributed by atoms with Crippen LogP contribution in [0.1, 0.15) is 24.5 Å². The van der Waals surface area contributed by atoms with Gasteiger partial charge in [-0.25, -0.2) is 4.98 Å². The monoisotopic (exact) mass is 382 g/mol. The van der Waals surface area contributed by atoms with Crippen LogP contribution < -0.4 is 5.73 Å². The maximum atomic E-state index is 6.59. The van der Waals surface area contributed by atoms with Gasteiger partial charge in [0.1, 0.15) is 4.83 Å². The number of benzene rings is 1. The van der Waals surface area contributed by atoms with E-state index in [1.165, 1.54) is 29.0 Å². The SMILES string of the molecule is Nc1c(-c2cccs2)sc2nc(C3CC3)cc(-c3ccc(Cl)cc3)c12. The molecule has 3 heterocycles. The van der Waals surface area contributed by atoms with Crippen molar-refractivity contribution in [1.29, 1.82) is 0 Å². The van der Waals surface area contributed by atoms with Gasteiger partial charge in [-0.3, -0.25) is 0 Å². The summed E-state index contributed by atoms with van der Waals surface area (Å²) in [7, 11) is 0. The van der Waals surface area contributed by atoms with Crippen LogP contribution in [-0.2, 0) is 0 Å². The summed E-state index contributed by atoms with van der Waals surface area (Å²) >= 11 is 9.50. The molecule has 2 N–H and O–H groups in total. The molecule has 1 fully saturated rings. The molecule has 1 aliphatic carbocycles. The van der Waals surface area contributed by atoms with Crippen LogP contribution in [0.5, 0.6) is 0 Å². The van der Waals surface area contributed by atoms with E-state index in [1.54, 1.807) is 22.7 Å². The minimum Gasteiger partial charge on any atom is -0.397 e. The molecule has 1 aliphatic rings. The molecule has 0 amide bonds. The fraction of sp³-hybridized carbons (Fsp3) is 0.150. The van der Waals surface area contributed by atoms with Gasteiger partial charge in [-0.05, 0) is 53.6 Å². The second kappa shape index (κ2) is 5.84. The van der Waals surface area contributed by atoms with Crippen LogP contribution in [0, 0.1) is 0 Å². The van der Waals surface area contributed by atoms with Crippen molar-refractivity contribution in [2.24, 2.45) is 0 Å². The van der Waals surface area contributed by atoms with E-state index in [2.05, 4.69) is 35.7 Å². The lowest BCUT2D eigenvalue weighted by atomic mass is 10.0. The predicted molar refractivity (Wildman–Crippen MR) is 110 cm³/mol. The van der Waals surface area contributed by atoms with Gasteiger partial charge in [0.2, 0.25) is 0 Å². The number of anilines is 1. The van der Waals surface area contributed by atoms with Gasteiger partial charge >= 0.3 is 0 Å². The summed E-state index contributed by atoms with van der Waals surface area (Å²) in [5, 5.41) is 3.90. The summed E-state index contributed by atoms with van der Waals surface area (Å²) in [4.78, 5) is 8.32. The number of thiophene rings is 2. The van der Waals surface area contributed by atoms with Gasteiger partial charge in [0.15, 0.2) is 0 Å². The first-order valence-electron chi connectivity index (χ1n) is 8.23. The van der Waals surface area contributed by atoms with Crippen molar-refractivity contribution in [2.45, 2.75) is 18.8 Å². The van der Waals surface area contributed by atoms with E-state index >= 15 is 0 Å². The van der Waals surface area contributed by atoms with E-state index in [0.29, 0.717) is 5.92 Å². The molecular weight excluding hydrogens is 368 g/mol. The number of pyridine rings is 1. The number of nitrogens with zero attached hydrogens (tertiary/aromatic N) is 1. The normalized spacial score (nSPS) is 14.3. The molecule has 0 spiro atoms. The smallest absolute Gasteiger partial charge is 0.126 e. The predicted octanol–water partition coefficient (Wildman–Crippen LogP) is 6.80. The maximum Gasteiger partial charge on any atom is 0.126 e. The lowest BCUT2D eigenvalue weighted by molar-refractivity contribution is 1.05. The van der Waals surface area contributed by atoms with Gasteiger partial charge in [-0.15, -0.1) is 22.7 Å². The number of fused-ring (bicyclic) bond motifs is 1. The Bertz CT molecular complexity index is 1060. The fourth-order valence-corrected chi connectivity index (χ4v) is 5.30. The summed E-state index contributed by atoms with van der Waals surface area (Å²) in [6.45, 7) is 0. The Balaban J connectivity index is 1.80. The van der Waals surface area contributed by atoms with Gasteiger partial charge in [-0.1, -0.05) is 29.8 Å². The van der Waals surface area contributed by atoms with Gasteiger partial charge in [0.25, 0.3) is 0 Å².